The molecule has 3 heterocycles. The Labute approximate surface area is 97.8 Å². The van der Waals surface area contributed by atoms with Crippen molar-refractivity contribution in [2.45, 2.75) is 0 Å². The topological polar surface area (TPSA) is 54.0 Å². The molecule has 0 aliphatic rings. The van der Waals surface area contributed by atoms with Crippen LogP contribution in [0.5, 0.6) is 0 Å². The van der Waals surface area contributed by atoms with Crippen molar-refractivity contribution in [2.75, 3.05) is 0 Å². The second-order valence-corrected chi connectivity index (χ2v) is 3.59. The van der Waals surface area contributed by atoms with E-state index >= 15 is 0 Å². The molecule has 0 aliphatic carbocycles. The van der Waals surface area contributed by atoms with Gasteiger partial charge in [0, 0.05) is 24.2 Å². The van der Waals surface area contributed by atoms with Crippen LogP contribution in [-0.4, -0.2) is 14.4 Å². The highest BCUT2D eigenvalue weighted by Gasteiger charge is 2.10. The molecule has 4 nitrogen and oxygen atoms in total. The Morgan fingerprint density at radius 1 is 1.12 bits per heavy atom. The monoisotopic (exact) mass is 220 g/mol. The second-order valence-electron chi connectivity index (χ2n) is 3.59. The molecule has 0 aliphatic heterocycles. The van der Waals surface area contributed by atoms with E-state index in [1.165, 1.54) is 0 Å². The fourth-order valence-corrected chi connectivity index (χ4v) is 1.82. The first-order valence-corrected chi connectivity index (χ1v) is 5.18. The van der Waals surface area contributed by atoms with Gasteiger partial charge in [-0.15, -0.1) is 0 Å². The molecule has 3 aromatic rings. The van der Waals surface area contributed by atoms with Crippen molar-refractivity contribution < 1.29 is 0 Å². The quantitative estimate of drug-likeness (QED) is 0.632. The molecule has 0 atom stereocenters. The molecule has 0 bridgehead atoms. The number of rotatable bonds is 1. The maximum atomic E-state index is 9.06. The van der Waals surface area contributed by atoms with Gasteiger partial charge in [0.05, 0.1) is 5.52 Å². The minimum absolute atomic E-state index is 0.442. The number of pyridine rings is 2. The van der Waals surface area contributed by atoms with Crippen LogP contribution in [0.2, 0.25) is 0 Å². The van der Waals surface area contributed by atoms with E-state index in [4.69, 9.17) is 5.26 Å². The first-order valence-electron chi connectivity index (χ1n) is 5.18. The number of imidazole rings is 1. The van der Waals surface area contributed by atoms with E-state index in [1.807, 2.05) is 40.9 Å². The molecule has 0 unspecified atom stereocenters. The van der Waals surface area contributed by atoms with Gasteiger partial charge in [-0.05, 0) is 24.3 Å². The van der Waals surface area contributed by atoms with E-state index in [0.717, 1.165) is 16.9 Å². The van der Waals surface area contributed by atoms with E-state index in [9.17, 15) is 0 Å². The highest BCUT2D eigenvalue weighted by molar-refractivity contribution is 5.67. The predicted molar refractivity (Wildman–Crippen MR) is 63.1 cm³/mol. The van der Waals surface area contributed by atoms with Gasteiger partial charge in [-0.25, -0.2) is 4.98 Å². The van der Waals surface area contributed by atoms with Gasteiger partial charge >= 0.3 is 0 Å². The highest BCUT2D eigenvalue weighted by Crippen LogP contribution is 2.21. The van der Waals surface area contributed by atoms with Crippen molar-refractivity contribution in [1.82, 2.24) is 14.4 Å². The minimum atomic E-state index is 0.442. The number of hydrogen-bond acceptors (Lipinski definition) is 3. The second kappa shape index (κ2) is 3.72. The lowest BCUT2D eigenvalue weighted by molar-refractivity contribution is 1.15. The van der Waals surface area contributed by atoms with E-state index in [2.05, 4.69) is 16.0 Å². The van der Waals surface area contributed by atoms with Crippen LogP contribution in [0.15, 0.2) is 48.9 Å². The molecule has 3 aromatic heterocycles. The molecule has 0 radical (unpaired) electrons. The van der Waals surface area contributed by atoms with Crippen LogP contribution in [-0.2, 0) is 0 Å². The van der Waals surface area contributed by atoms with Gasteiger partial charge in [0.25, 0.3) is 0 Å². The summed E-state index contributed by atoms with van der Waals surface area (Å²) in [6, 6.07) is 11.6. The first-order chi connectivity index (χ1) is 8.40. The molecule has 0 fully saturated rings. The minimum Gasteiger partial charge on any atom is -0.298 e. The van der Waals surface area contributed by atoms with Crippen molar-refractivity contribution in [3.63, 3.8) is 0 Å². The number of aromatic nitrogens is 3. The van der Waals surface area contributed by atoms with Gasteiger partial charge in [0.2, 0.25) is 0 Å². The molecule has 0 amide bonds. The normalized spacial score (nSPS) is 10.3. The molecule has 4 heteroatoms. The third kappa shape index (κ3) is 1.45. The van der Waals surface area contributed by atoms with Crippen LogP contribution < -0.4 is 0 Å². The molecule has 0 saturated carbocycles. The molecule has 3 rings (SSSR count). The summed E-state index contributed by atoms with van der Waals surface area (Å²) in [6.07, 6.45) is 5.33. The molecule has 80 valence electrons. The average Bonchev–Trinajstić information content (AvgIpc) is 2.78. The Morgan fingerprint density at radius 3 is 2.71 bits per heavy atom. The van der Waals surface area contributed by atoms with Crippen LogP contribution in [0, 0.1) is 11.3 Å². The maximum Gasteiger partial charge on any atom is 0.166 e. The van der Waals surface area contributed by atoms with Crippen molar-refractivity contribution in [3.8, 4) is 17.5 Å². The number of hydrogen-bond donors (Lipinski definition) is 0. The van der Waals surface area contributed by atoms with E-state index < -0.39 is 0 Å². The number of nitrogens with zero attached hydrogens (tertiary/aromatic N) is 4. The van der Waals surface area contributed by atoms with Gasteiger partial charge in [-0.1, -0.05) is 6.07 Å². The summed E-state index contributed by atoms with van der Waals surface area (Å²) >= 11 is 0. The van der Waals surface area contributed by atoms with E-state index in [0.29, 0.717) is 5.69 Å². The smallest absolute Gasteiger partial charge is 0.166 e. The summed E-state index contributed by atoms with van der Waals surface area (Å²) in [5.41, 5.74) is 2.21. The Balaban J connectivity index is 2.35. The Bertz CT molecular complexity index is 707. The molecule has 17 heavy (non-hydrogen) atoms. The largest absolute Gasteiger partial charge is 0.298 e. The molecular formula is C13H8N4. The Morgan fingerprint density at radius 2 is 1.94 bits per heavy atom. The third-order valence-corrected chi connectivity index (χ3v) is 2.59. The van der Waals surface area contributed by atoms with Crippen LogP contribution >= 0.6 is 0 Å². The Hall–Kier alpha value is -2.67. The fraction of sp³-hybridized carbons (Fsp3) is 0. The zero-order valence-corrected chi connectivity index (χ0v) is 8.91. The molecule has 0 spiro atoms. The van der Waals surface area contributed by atoms with Crippen molar-refractivity contribution in [1.29, 1.82) is 5.26 Å². The summed E-state index contributed by atoms with van der Waals surface area (Å²) in [5.74, 6) is 0.763. The van der Waals surface area contributed by atoms with Crippen LogP contribution in [0.4, 0.5) is 0 Å². The van der Waals surface area contributed by atoms with Crippen molar-refractivity contribution in [2.24, 2.45) is 0 Å². The van der Waals surface area contributed by atoms with Crippen LogP contribution in [0.3, 0.4) is 0 Å². The van der Waals surface area contributed by atoms with Gasteiger partial charge in [0.15, 0.2) is 5.69 Å². The molecule has 0 aromatic carbocycles. The summed E-state index contributed by atoms with van der Waals surface area (Å²) in [4.78, 5) is 8.33. The standard InChI is InChI=1S/C13H8N4/c14-9-11-12-3-1-2-8-17(12)13(16-11)10-4-6-15-7-5-10/h1-8H. The zero-order chi connectivity index (χ0) is 11.7. The summed E-state index contributed by atoms with van der Waals surface area (Å²) < 4.78 is 1.91. The lowest BCUT2D eigenvalue weighted by Gasteiger charge is -1.99. The van der Waals surface area contributed by atoms with Crippen molar-refractivity contribution >= 4 is 5.52 Å². The summed E-state index contributed by atoms with van der Waals surface area (Å²) in [7, 11) is 0. The SMILES string of the molecule is N#Cc1nc(-c2ccncc2)n2ccccc12. The maximum absolute atomic E-state index is 9.06. The van der Waals surface area contributed by atoms with Crippen LogP contribution in [0.1, 0.15) is 5.69 Å². The Kier molecular flexibility index (Phi) is 2.09. The van der Waals surface area contributed by atoms with E-state index in [-0.39, 0.29) is 0 Å². The molecular weight excluding hydrogens is 212 g/mol. The van der Waals surface area contributed by atoms with Gasteiger partial charge < -0.3 is 0 Å². The van der Waals surface area contributed by atoms with Gasteiger partial charge in [-0.3, -0.25) is 9.38 Å². The average molecular weight is 220 g/mol. The van der Waals surface area contributed by atoms with E-state index in [1.54, 1.807) is 12.4 Å². The lowest BCUT2D eigenvalue weighted by Crippen LogP contribution is -1.88. The predicted octanol–water partition coefficient (Wildman–Crippen LogP) is 2.27. The fourth-order valence-electron chi connectivity index (χ4n) is 1.82. The van der Waals surface area contributed by atoms with Crippen LogP contribution in [0.25, 0.3) is 16.9 Å². The van der Waals surface area contributed by atoms with Gasteiger partial charge in [-0.2, -0.15) is 5.26 Å². The lowest BCUT2D eigenvalue weighted by atomic mass is 10.2. The number of nitriles is 1. The zero-order valence-electron chi connectivity index (χ0n) is 8.91. The first kappa shape index (κ1) is 9.55. The summed E-state index contributed by atoms with van der Waals surface area (Å²) in [6.45, 7) is 0. The molecule has 0 saturated heterocycles. The van der Waals surface area contributed by atoms with Gasteiger partial charge in [0.1, 0.15) is 11.9 Å². The highest BCUT2D eigenvalue weighted by atomic mass is 15.0. The third-order valence-electron chi connectivity index (χ3n) is 2.59. The molecule has 0 N–H and O–H groups in total. The number of fused-ring (bicyclic) bond motifs is 1. The summed E-state index contributed by atoms with van der Waals surface area (Å²) in [5, 5.41) is 9.06. The van der Waals surface area contributed by atoms with Crippen molar-refractivity contribution in [3.05, 3.63) is 54.6 Å².